The summed E-state index contributed by atoms with van der Waals surface area (Å²) in [6, 6.07) is 9.16. The van der Waals surface area contributed by atoms with Gasteiger partial charge in [-0.1, -0.05) is 31.9 Å². The van der Waals surface area contributed by atoms with E-state index in [9.17, 15) is 0 Å². The van der Waals surface area contributed by atoms with E-state index in [-0.39, 0.29) is 0 Å². The Morgan fingerprint density at radius 2 is 2.05 bits per heavy atom. The molecular weight excluding hydrogens is 234 g/mol. The van der Waals surface area contributed by atoms with E-state index in [1.165, 1.54) is 37.0 Å². The molecular formula is C16H23N3. The van der Waals surface area contributed by atoms with Gasteiger partial charge in [-0.05, 0) is 31.4 Å². The van der Waals surface area contributed by atoms with Gasteiger partial charge in [0.2, 0.25) is 0 Å². The predicted octanol–water partition coefficient (Wildman–Crippen LogP) is 3.48. The van der Waals surface area contributed by atoms with Gasteiger partial charge in [0.05, 0.1) is 17.6 Å². The molecule has 19 heavy (non-hydrogen) atoms. The normalized spacial score (nSPS) is 16.5. The van der Waals surface area contributed by atoms with E-state index < -0.39 is 0 Å². The zero-order valence-corrected chi connectivity index (χ0v) is 11.7. The molecule has 1 aromatic carbocycles. The largest absolute Gasteiger partial charge is 0.327 e. The molecule has 0 amide bonds. The van der Waals surface area contributed by atoms with E-state index in [1.54, 1.807) is 0 Å². The van der Waals surface area contributed by atoms with Gasteiger partial charge < -0.3 is 9.88 Å². The first-order valence-corrected chi connectivity index (χ1v) is 7.56. The fraction of sp³-hybridized carbons (Fsp3) is 0.562. The van der Waals surface area contributed by atoms with Crippen molar-refractivity contribution in [3.63, 3.8) is 0 Å². The summed E-state index contributed by atoms with van der Waals surface area (Å²) < 4.78 is 2.37. The van der Waals surface area contributed by atoms with Crippen LogP contribution in [0.3, 0.4) is 0 Å². The molecule has 3 rings (SSSR count). The summed E-state index contributed by atoms with van der Waals surface area (Å²) in [4.78, 5) is 4.79. The number of rotatable bonds is 5. The highest BCUT2D eigenvalue weighted by molar-refractivity contribution is 5.75. The Morgan fingerprint density at radius 3 is 2.84 bits per heavy atom. The van der Waals surface area contributed by atoms with Crippen molar-refractivity contribution >= 4 is 11.0 Å². The number of hydrogen-bond acceptors (Lipinski definition) is 2. The van der Waals surface area contributed by atoms with Crippen LogP contribution in [0.25, 0.3) is 11.0 Å². The molecule has 1 aromatic heterocycles. The van der Waals surface area contributed by atoms with E-state index in [2.05, 4.69) is 41.1 Å². The molecule has 0 unspecified atom stereocenters. The quantitative estimate of drug-likeness (QED) is 0.888. The lowest BCUT2D eigenvalue weighted by atomic mass is 10.2. The van der Waals surface area contributed by atoms with Crippen LogP contribution < -0.4 is 5.32 Å². The van der Waals surface area contributed by atoms with Crippen molar-refractivity contribution < 1.29 is 0 Å². The lowest BCUT2D eigenvalue weighted by molar-refractivity contribution is 0.500. The number of para-hydroxylation sites is 2. The van der Waals surface area contributed by atoms with Crippen LogP contribution in [0.1, 0.15) is 44.9 Å². The van der Waals surface area contributed by atoms with Gasteiger partial charge in [0, 0.05) is 12.6 Å². The number of hydrogen-bond donors (Lipinski definition) is 1. The van der Waals surface area contributed by atoms with Gasteiger partial charge in [-0.3, -0.25) is 0 Å². The average molecular weight is 257 g/mol. The van der Waals surface area contributed by atoms with E-state index >= 15 is 0 Å². The molecule has 1 aliphatic rings. The summed E-state index contributed by atoms with van der Waals surface area (Å²) in [7, 11) is 0. The molecule has 0 atom stereocenters. The van der Waals surface area contributed by atoms with Crippen LogP contribution in [0, 0.1) is 0 Å². The molecule has 1 aliphatic carbocycles. The van der Waals surface area contributed by atoms with E-state index in [1.807, 2.05) is 0 Å². The second-order valence-corrected chi connectivity index (χ2v) is 5.53. The molecule has 3 nitrogen and oxygen atoms in total. The van der Waals surface area contributed by atoms with Gasteiger partial charge in [0.1, 0.15) is 5.82 Å². The Bertz CT molecular complexity index is 538. The number of nitrogens with zero attached hydrogens (tertiary/aromatic N) is 2. The molecule has 2 aromatic rings. The monoisotopic (exact) mass is 257 g/mol. The first-order chi connectivity index (χ1) is 9.38. The molecule has 0 spiro atoms. The maximum Gasteiger partial charge on any atom is 0.123 e. The Balaban J connectivity index is 1.82. The average Bonchev–Trinajstić information content (AvgIpc) is 3.05. The van der Waals surface area contributed by atoms with Gasteiger partial charge in [-0.15, -0.1) is 0 Å². The van der Waals surface area contributed by atoms with Gasteiger partial charge in [-0.2, -0.15) is 0 Å². The number of fused-ring (bicyclic) bond motifs is 1. The maximum absolute atomic E-state index is 4.79. The standard InChI is InChI=1S/C16H23N3/c1-2-11-19-15-10-6-5-9-14(15)18-16(19)12-17-13-7-3-4-8-13/h5-6,9-10,13,17H,2-4,7-8,11-12H2,1H3. The minimum absolute atomic E-state index is 0.704. The molecule has 1 heterocycles. The molecule has 1 fully saturated rings. The Kier molecular flexibility index (Phi) is 3.83. The molecule has 0 aliphatic heterocycles. The maximum atomic E-state index is 4.79. The minimum atomic E-state index is 0.704. The third kappa shape index (κ3) is 2.66. The summed E-state index contributed by atoms with van der Waals surface area (Å²) in [5.74, 6) is 1.19. The Hall–Kier alpha value is -1.35. The van der Waals surface area contributed by atoms with Gasteiger partial charge >= 0.3 is 0 Å². The number of imidazole rings is 1. The van der Waals surface area contributed by atoms with Crippen molar-refractivity contribution in [2.24, 2.45) is 0 Å². The molecule has 0 bridgehead atoms. The predicted molar refractivity (Wildman–Crippen MR) is 79.1 cm³/mol. The molecule has 102 valence electrons. The zero-order chi connectivity index (χ0) is 13.1. The summed E-state index contributed by atoms with van der Waals surface area (Å²) >= 11 is 0. The summed E-state index contributed by atoms with van der Waals surface area (Å²) in [5, 5.41) is 3.67. The second-order valence-electron chi connectivity index (χ2n) is 5.53. The SMILES string of the molecule is CCCn1c(CNC2CCCC2)nc2ccccc21. The van der Waals surface area contributed by atoms with Crippen molar-refractivity contribution in [1.29, 1.82) is 0 Å². The van der Waals surface area contributed by atoms with Gasteiger partial charge in [-0.25, -0.2) is 4.98 Å². The molecule has 3 heteroatoms. The lowest BCUT2D eigenvalue weighted by Crippen LogP contribution is -2.27. The van der Waals surface area contributed by atoms with E-state index in [4.69, 9.17) is 4.98 Å². The van der Waals surface area contributed by atoms with Crippen molar-refractivity contribution in [1.82, 2.24) is 14.9 Å². The van der Waals surface area contributed by atoms with Crippen molar-refractivity contribution in [3.8, 4) is 0 Å². The van der Waals surface area contributed by atoms with Crippen LogP contribution in [0.2, 0.25) is 0 Å². The van der Waals surface area contributed by atoms with E-state index in [0.29, 0.717) is 6.04 Å². The first kappa shape index (κ1) is 12.7. The van der Waals surface area contributed by atoms with Crippen LogP contribution in [0.15, 0.2) is 24.3 Å². The van der Waals surface area contributed by atoms with Crippen molar-refractivity contribution in [2.75, 3.05) is 0 Å². The van der Waals surface area contributed by atoms with Crippen molar-refractivity contribution in [3.05, 3.63) is 30.1 Å². The molecule has 0 radical (unpaired) electrons. The fourth-order valence-corrected chi connectivity index (χ4v) is 3.10. The van der Waals surface area contributed by atoms with Crippen LogP contribution in [0.4, 0.5) is 0 Å². The van der Waals surface area contributed by atoms with Crippen LogP contribution >= 0.6 is 0 Å². The minimum Gasteiger partial charge on any atom is -0.327 e. The lowest BCUT2D eigenvalue weighted by Gasteiger charge is -2.13. The molecule has 1 saturated carbocycles. The highest BCUT2D eigenvalue weighted by atomic mass is 15.1. The summed E-state index contributed by atoms with van der Waals surface area (Å²) in [6.07, 6.45) is 6.56. The number of aryl methyl sites for hydroxylation is 1. The topological polar surface area (TPSA) is 29.9 Å². The third-order valence-electron chi connectivity index (χ3n) is 4.08. The zero-order valence-electron chi connectivity index (χ0n) is 11.7. The van der Waals surface area contributed by atoms with Gasteiger partial charge in [0.25, 0.3) is 0 Å². The van der Waals surface area contributed by atoms with Crippen LogP contribution in [-0.4, -0.2) is 15.6 Å². The van der Waals surface area contributed by atoms with Crippen LogP contribution in [-0.2, 0) is 13.1 Å². The fourth-order valence-electron chi connectivity index (χ4n) is 3.10. The molecule has 1 N–H and O–H groups in total. The highest BCUT2D eigenvalue weighted by Crippen LogP contribution is 2.20. The molecule has 0 saturated heterocycles. The van der Waals surface area contributed by atoms with Crippen molar-refractivity contribution in [2.45, 2.75) is 58.2 Å². The smallest absolute Gasteiger partial charge is 0.123 e. The van der Waals surface area contributed by atoms with Gasteiger partial charge in [0.15, 0.2) is 0 Å². The highest BCUT2D eigenvalue weighted by Gasteiger charge is 2.16. The third-order valence-corrected chi connectivity index (χ3v) is 4.08. The Morgan fingerprint density at radius 1 is 1.26 bits per heavy atom. The second kappa shape index (κ2) is 5.74. The number of nitrogens with one attached hydrogen (secondary N) is 1. The summed E-state index contributed by atoms with van der Waals surface area (Å²) in [5.41, 5.74) is 2.40. The first-order valence-electron chi connectivity index (χ1n) is 7.56. The summed E-state index contributed by atoms with van der Waals surface area (Å²) in [6.45, 7) is 4.19. The Labute approximate surface area is 115 Å². The van der Waals surface area contributed by atoms with E-state index in [0.717, 1.165) is 25.0 Å². The number of aromatic nitrogens is 2. The van der Waals surface area contributed by atoms with Crippen LogP contribution in [0.5, 0.6) is 0 Å². The number of benzene rings is 1.